The number of pyridine rings is 1. The number of ether oxygens (including phenoxy) is 1. The van der Waals surface area contributed by atoms with Gasteiger partial charge in [-0.05, 0) is 19.1 Å². The average Bonchev–Trinajstić information content (AvgIpc) is 2.59. The van der Waals surface area contributed by atoms with Crippen molar-refractivity contribution in [2.45, 2.75) is 19.7 Å². The Morgan fingerprint density at radius 2 is 1.93 bits per heavy atom. The monoisotopic (exact) mass is 536 g/mol. The van der Waals surface area contributed by atoms with Crippen LogP contribution in [0.1, 0.15) is 11.3 Å². The SMILES string of the molecule is Cc1ccc2cccc(OCc3[c-]ccc(NC(=O)C(F)(F)F)[c-]3)c2n1.[Y].[Y]. The van der Waals surface area contributed by atoms with Crippen LogP contribution in [0, 0.1) is 19.1 Å². The van der Waals surface area contributed by atoms with E-state index in [1.54, 1.807) is 11.4 Å². The van der Waals surface area contributed by atoms with E-state index in [2.05, 4.69) is 17.1 Å². The normalized spacial score (nSPS) is 10.6. The van der Waals surface area contributed by atoms with Crippen molar-refractivity contribution in [2.75, 3.05) is 5.32 Å². The van der Waals surface area contributed by atoms with E-state index in [1.165, 1.54) is 12.1 Å². The molecule has 0 unspecified atom stereocenters. The molecule has 1 aromatic heterocycles. The minimum Gasteiger partial charge on any atom is -0.491 e. The zero-order valence-electron chi connectivity index (χ0n) is 14.8. The molecule has 0 saturated carbocycles. The van der Waals surface area contributed by atoms with Crippen molar-refractivity contribution in [2.24, 2.45) is 0 Å². The predicted octanol–water partition coefficient (Wildman–Crippen LogP) is 4.22. The van der Waals surface area contributed by atoms with Crippen LogP contribution in [0.5, 0.6) is 5.75 Å². The molecule has 0 aliphatic heterocycles. The largest absolute Gasteiger partial charge is 0.491 e. The number of anilines is 1. The number of rotatable bonds is 4. The van der Waals surface area contributed by atoms with Gasteiger partial charge in [-0.15, -0.1) is 0 Å². The Kier molecular flexibility index (Phi) is 9.67. The summed E-state index contributed by atoms with van der Waals surface area (Å²) in [6, 6.07) is 17.4. The number of carbonyl (C=O) groups is 1. The third kappa shape index (κ3) is 6.58. The molecule has 9 heteroatoms. The number of carbonyl (C=O) groups excluding carboxylic acids is 1. The zero-order chi connectivity index (χ0) is 18.7. The van der Waals surface area contributed by atoms with Gasteiger partial charge in [0, 0.05) is 76.5 Å². The molecule has 1 heterocycles. The van der Waals surface area contributed by atoms with Gasteiger partial charge < -0.3 is 22.2 Å². The van der Waals surface area contributed by atoms with Gasteiger partial charge in [-0.2, -0.15) is 18.9 Å². The van der Waals surface area contributed by atoms with E-state index >= 15 is 0 Å². The summed E-state index contributed by atoms with van der Waals surface area (Å²) in [4.78, 5) is 15.4. The van der Waals surface area contributed by atoms with Crippen LogP contribution >= 0.6 is 0 Å². The molecule has 1 amide bonds. The molecule has 0 aliphatic carbocycles. The topological polar surface area (TPSA) is 51.2 Å². The number of halogens is 3. The summed E-state index contributed by atoms with van der Waals surface area (Å²) in [7, 11) is 0. The second-order valence-corrected chi connectivity index (χ2v) is 5.52. The van der Waals surface area contributed by atoms with Gasteiger partial charge in [0.25, 0.3) is 0 Å². The Morgan fingerprint density at radius 3 is 2.64 bits per heavy atom. The first-order valence-corrected chi connectivity index (χ1v) is 7.63. The van der Waals surface area contributed by atoms with E-state index < -0.39 is 12.1 Å². The molecule has 0 atom stereocenters. The van der Waals surface area contributed by atoms with Crippen LogP contribution in [0.4, 0.5) is 18.9 Å². The Labute approximate surface area is 210 Å². The van der Waals surface area contributed by atoms with Crippen molar-refractivity contribution in [1.29, 1.82) is 0 Å². The summed E-state index contributed by atoms with van der Waals surface area (Å²) in [5, 5.41) is 2.66. The van der Waals surface area contributed by atoms with Crippen molar-refractivity contribution >= 4 is 22.5 Å². The van der Waals surface area contributed by atoms with Crippen LogP contribution in [0.3, 0.4) is 0 Å². The molecule has 0 aliphatic rings. The number of aromatic nitrogens is 1. The molecule has 0 bridgehead atoms. The molecule has 0 fully saturated rings. The summed E-state index contributed by atoms with van der Waals surface area (Å²) < 4.78 is 42.7. The average molecular weight is 536 g/mol. The van der Waals surface area contributed by atoms with Crippen LogP contribution in [-0.4, -0.2) is 17.1 Å². The Morgan fingerprint density at radius 1 is 1.18 bits per heavy atom. The van der Waals surface area contributed by atoms with Crippen molar-refractivity contribution < 1.29 is 88.1 Å². The number of nitrogens with zero attached hydrogens (tertiary/aromatic N) is 1. The van der Waals surface area contributed by atoms with Crippen molar-refractivity contribution in [3.05, 3.63) is 65.9 Å². The molecule has 28 heavy (non-hydrogen) atoms. The van der Waals surface area contributed by atoms with Gasteiger partial charge in [-0.25, -0.2) is 4.98 Å². The van der Waals surface area contributed by atoms with Crippen LogP contribution in [-0.2, 0) is 76.8 Å². The number of alkyl halides is 3. The number of fused-ring (bicyclic) bond motifs is 1. The molecule has 3 rings (SSSR count). The maximum Gasteiger partial charge on any atom is 0.471 e. The fourth-order valence-corrected chi connectivity index (χ4v) is 2.29. The fraction of sp³-hybridized carbons (Fsp3) is 0.158. The summed E-state index contributed by atoms with van der Waals surface area (Å²) in [5.74, 6) is -1.52. The quantitative estimate of drug-likeness (QED) is 0.509. The van der Waals surface area contributed by atoms with Crippen molar-refractivity contribution in [3.63, 3.8) is 0 Å². The van der Waals surface area contributed by atoms with E-state index in [0.717, 1.165) is 11.1 Å². The minimum atomic E-state index is -4.96. The second-order valence-electron chi connectivity index (χ2n) is 5.52. The molecule has 3 aromatic rings. The maximum atomic E-state index is 12.3. The smallest absolute Gasteiger partial charge is 0.471 e. The number of hydrogen-bond donors (Lipinski definition) is 1. The summed E-state index contributed by atoms with van der Waals surface area (Å²) in [6.07, 6.45) is -4.96. The van der Waals surface area contributed by atoms with E-state index in [-0.39, 0.29) is 77.7 Å². The van der Waals surface area contributed by atoms with Gasteiger partial charge in [0.1, 0.15) is 11.3 Å². The van der Waals surface area contributed by atoms with Gasteiger partial charge >= 0.3 is 12.1 Å². The van der Waals surface area contributed by atoms with Gasteiger partial charge in [0.2, 0.25) is 0 Å². The second kappa shape index (κ2) is 10.8. The molecule has 2 radical (unpaired) electrons. The van der Waals surface area contributed by atoms with Crippen LogP contribution in [0.2, 0.25) is 0 Å². The molecule has 0 saturated heterocycles. The Balaban J connectivity index is 0.00000196. The molecular formula is C19H13F3N2O2Y2-2. The van der Waals surface area contributed by atoms with Gasteiger partial charge in [0.05, 0.1) is 6.61 Å². The fourth-order valence-electron chi connectivity index (χ4n) is 2.29. The van der Waals surface area contributed by atoms with E-state index in [9.17, 15) is 18.0 Å². The van der Waals surface area contributed by atoms with Gasteiger partial charge in [-0.1, -0.05) is 18.2 Å². The molecule has 1 N–H and O–H groups in total. The predicted molar refractivity (Wildman–Crippen MR) is 89.6 cm³/mol. The van der Waals surface area contributed by atoms with E-state index in [0.29, 0.717) is 16.8 Å². The van der Waals surface area contributed by atoms with E-state index in [4.69, 9.17) is 4.74 Å². The number of benzene rings is 2. The zero-order valence-corrected chi connectivity index (χ0v) is 20.5. The first kappa shape index (κ1) is 25.2. The number of hydrogen-bond acceptors (Lipinski definition) is 3. The summed E-state index contributed by atoms with van der Waals surface area (Å²) >= 11 is 0. The molecule has 0 spiro atoms. The number of para-hydroxylation sites is 1. The van der Waals surface area contributed by atoms with Crippen LogP contribution < -0.4 is 10.1 Å². The molecule has 140 valence electrons. The third-order valence-corrected chi connectivity index (χ3v) is 3.49. The first-order chi connectivity index (χ1) is 12.3. The first-order valence-electron chi connectivity index (χ1n) is 7.63. The number of nitrogens with one attached hydrogen (secondary N) is 1. The molecule has 2 aromatic carbocycles. The number of amides is 1. The Bertz CT molecular complexity index is 965. The van der Waals surface area contributed by atoms with Crippen molar-refractivity contribution in [1.82, 2.24) is 4.98 Å². The van der Waals surface area contributed by atoms with Crippen LogP contribution in [0.15, 0.2) is 42.5 Å². The molecule has 4 nitrogen and oxygen atoms in total. The standard InChI is InChI=1S/C19H13F3N2O2.2Y/c1-12-8-9-14-5-3-7-16(17(14)23-12)26-11-13-4-2-6-15(10-13)24-18(25)19(20,21)22;;/h2-3,5-9H,11H2,1H3,(H,24,25);;/q-2;;. The van der Waals surface area contributed by atoms with E-state index in [1.807, 2.05) is 31.2 Å². The number of aryl methyl sites for hydroxylation is 1. The maximum absolute atomic E-state index is 12.3. The van der Waals surface area contributed by atoms with Crippen molar-refractivity contribution in [3.8, 4) is 5.75 Å². The summed E-state index contributed by atoms with van der Waals surface area (Å²) in [5.41, 5.74) is 1.80. The minimum absolute atomic E-state index is 0. The Hall–Kier alpha value is -0.882. The van der Waals surface area contributed by atoms with Gasteiger partial charge in [-0.3, -0.25) is 22.5 Å². The molecular weight excluding hydrogens is 523 g/mol. The summed E-state index contributed by atoms with van der Waals surface area (Å²) in [6.45, 7) is 1.88. The van der Waals surface area contributed by atoms with Crippen LogP contribution in [0.25, 0.3) is 10.9 Å². The third-order valence-electron chi connectivity index (χ3n) is 3.49. The van der Waals surface area contributed by atoms with Gasteiger partial charge in [0.15, 0.2) is 0 Å².